The van der Waals surface area contributed by atoms with Crippen molar-refractivity contribution >= 4 is 18.7 Å². The molecule has 1 atom stereocenters. The van der Waals surface area contributed by atoms with Gasteiger partial charge in [-0.25, -0.2) is 4.79 Å². The number of ether oxygens (including phenoxy) is 2. The second kappa shape index (κ2) is 11.3. The summed E-state index contributed by atoms with van der Waals surface area (Å²) >= 11 is 4.35. The standard InChI is InChI=1S/C16H26N2O3S/c1-20-10-8-18(9-11-21-2)16(19)17-15(13-22)12-14-6-4-3-5-7-14/h3-7,15,22H,8-13H2,1-2H3,(H,17,19). The van der Waals surface area contributed by atoms with Crippen molar-refractivity contribution in [3.63, 3.8) is 0 Å². The Balaban J connectivity index is 2.55. The van der Waals surface area contributed by atoms with Crippen LogP contribution in [0.5, 0.6) is 0 Å². The molecule has 0 aliphatic rings. The molecule has 0 radical (unpaired) electrons. The molecular weight excluding hydrogens is 300 g/mol. The quantitative estimate of drug-likeness (QED) is 0.645. The van der Waals surface area contributed by atoms with Crippen molar-refractivity contribution < 1.29 is 14.3 Å². The molecule has 1 aromatic rings. The molecule has 1 unspecified atom stereocenters. The maximum absolute atomic E-state index is 12.4. The smallest absolute Gasteiger partial charge is 0.317 e. The number of hydrogen-bond donors (Lipinski definition) is 2. The molecule has 1 aromatic carbocycles. The number of amides is 2. The summed E-state index contributed by atoms with van der Waals surface area (Å²) in [6.45, 7) is 2.08. The third-order valence-electron chi connectivity index (χ3n) is 3.29. The molecule has 2 amide bonds. The number of carbonyl (C=O) groups is 1. The van der Waals surface area contributed by atoms with Gasteiger partial charge < -0.3 is 19.7 Å². The van der Waals surface area contributed by atoms with Crippen LogP contribution in [0, 0.1) is 0 Å². The van der Waals surface area contributed by atoms with E-state index in [0.29, 0.717) is 32.1 Å². The predicted octanol–water partition coefficient (Wildman–Crippen LogP) is 1.83. The van der Waals surface area contributed by atoms with E-state index in [2.05, 4.69) is 30.1 Å². The Kier molecular flexibility index (Phi) is 9.70. The van der Waals surface area contributed by atoms with Crippen molar-refractivity contribution in [2.45, 2.75) is 12.5 Å². The molecule has 0 saturated carbocycles. The fourth-order valence-corrected chi connectivity index (χ4v) is 2.26. The average molecular weight is 326 g/mol. The first-order chi connectivity index (χ1) is 10.7. The summed E-state index contributed by atoms with van der Waals surface area (Å²) in [5.41, 5.74) is 1.18. The van der Waals surface area contributed by atoms with Gasteiger partial charge in [0.2, 0.25) is 0 Å². The molecule has 0 aromatic heterocycles. The van der Waals surface area contributed by atoms with Gasteiger partial charge in [0, 0.05) is 39.1 Å². The highest BCUT2D eigenvalue weighted by Gasteiger charge is 2.17. The summed E-state index contributed by atoms with van der Waals surface area (Å²) in [5.74, 6) is 0.586. The Labute approximate surface area is 138 Å². The van der Waals surface area contributed by atoms with E-state index in [0.717, 1.165) is 6.42 Å². The molecular formula is C16H26N2O3S. The number of hydrogen-bond acceptors (Lipinski definition) is 4. The number of rotatable bonds is 10. The minimum absolute atomic E-state index is 0.00850. The van der Waals surface area contributed by atoms with E-state index in [1.54, 1.807) is 19.1 Å². The Morgan fingerprint density at radius 3 is 2.27 bits per heavy atom. The van der Waals surface area contributed by atoms with E-state index >= 15 is 0 Å². The van der Waals surface area contributed by atoms with Crippen LogP contribution in [0.4, 0.5) is 4.79 Å². The monoisotopic (exact) mass is 326 g/mol. The lowest BCUT2D eigenvalue weighted by Gasteiger charge is -2.25. The Morgan fingerprint density at radius 2 is 1.77 bits per heavy atom. The van der Waals surface area contributed by atoms with Gasteiger partial charge in [-0.3, -0.25) is 0 Å². The predicted molar refractivity (Wildman–Crippen MR) is 91.6 cm³/mol. The Morgan fingerprint density at radius 1 is 1.18 bits per heavy atom. The third kappa shape index (κ3) is 7.15. The lowest BCUT2D eigenvalue weighted by molar-refractivity contribution is 0.121. The number of carbonyl (C=O) groups excluding carboxylic acids is 1. The van der Waals surface area contributed by atoms with Crippen LogP contribution in [-0.2, 0) is 15.9 Å². The molecule has 0 saturated heterocycles. The lowest BCUT2D eigenvalue weighted by Crippen LogP contribution is -2.48. The van der Waals surface area contributed by atoms with Gasteiger partial charge in [0.05, 0.1) is 13.2 Å². The van der Waals surface area contributed by atoms with Crippen LogP contribution in [0.1, 0.15) is 5.56 Å². The number of urea groups is 1. The second-order valence-electron chi connectivity index (χ2n) is 4.99. The van der Waals surface area contributed by atoms with Crippen LogP contribution in [0.2, 0.25) is 0 Å². The zero-order valence-electron chi connectivity index (χ0n) is 13.3. The maximum atomic E-state index is 12.4. The fourth-order valence-electron chi connectivity index (χ4n) is 2.04. The van der Waals surface area contributed by atoms with Crippen molar-refractivity contribution in [3.05, 3.63) is 35.9 Å². The number of nitrogens with zero attached hydrogens (tertiary/aromatic N) is 1. The third-order valence-corrected chi connectivity index (χ3v) is 3.73. The van der Waals surface area contributed by atoms with Crippen LogP contribution in [0.25, 0.3) is 0 Å². The zero-order chi connectivity index (χ0) is 16.2. The molecule has 1 rings (SSSR count). The number of benzene rings is 1. The summed E-state index contributed by atoms with van der Waals surface area (Å²) < 4.78 is 10.1. The van der Waals surface area contributed by atoms with Crippen LogP contribution >= 0.6 is 12.6 Å². The highest BCUT2D eigenvalue weighted by atomic mass is 32.1. The largest absolute Gasteiger partial charge is 0.383 e. The van der Waals surface area contributed by atoms with E-state index in [1.807, 2.05) is 18.2 Å². The zero-order valence-corrected chi connectivity index (χ0v) is 14.2. The highest BCUT2D eigenvalue weighted by Crippen LogP contribution is 2.05. The lowest BCUT2D eigenvalue weighted by atomic mass is 10.1. The van der Waals surface area contributed by atoms with Gasteiger partial charge in [-0.05, 0) is 12.0 Å². The molecule has 0 heterocycles. The molecule has 22 heavy (non-hydrogen) atoms. The van der Waals surface area contributed by atoms with Gasteiger partial charge in [0.1, 0.15) is 0 Å². The van der Waals surface area contributed by atoms with Crippen molar-refractivity contribution in [3.8, 4) is 0 Å². The van der Waals surface area contributed by atoms with Gasteiger partial charge in [0.15, 0.2) is 0 Å². The van der Waals surface area contributed by atoms with Crippen LogP contribution in [-0.4, -0.2) is 63.2 Å². The van der Waals surface area contributed by atoms with Gasteiger partial charge >= 0.3 is 6.03 Å². The van der Waals surface area contributed by atoms with E-state index in [9.17, 15) is 4.79 Å². The van der Waals surface area contributed by atoms with Crippen LogP contribution in [0.15, 0.2) is 30.3 Å². The minimum atomic E-state index is -0.107. The summed E-state index contributed by atoms with van der Waals surface area (Å²) in [5, 5.41) is 3.03. The second-order valence-corrected chi connectivity index (χ2v) is 5.36. The van der Waals surface area contributed by atoms with E-state index in [-0.39, 0.29) is 12.1 Å². The Bertz CT molecular complexity index is 409. The molecule has 0 bridgehead atoms. The first-order valence-electron chi connectivity index (χ1n) is 7.39. The topological polar surface area (TPSA) is 50.8 Å². The van der Waals surface area contributed by atoms with Gasteiger partial charge in [0.25, 0.3) is 0 Å². The van der Waals surface area contributed by atoms with Gasteiger partial charge in [-0.2, -0.15) is 12.6 Å². The van der Waals surface area contributed by atoms with Crippen LogP contribution in [0.3, 0.4) is 0 Å². The number of nitrogens with one attached hydrogen (secondary N) is 1. The normalized spacial score (nSPS) is 12.0. The number of thiol groups is 1. The van der Waals surface area contributed by atoms with Gasteiger partial charge in [-0.1, -0.05) is 30.3 Å². The molecule has 124 valence electrons. The summed E-state index contributed by atoms with van der Waals surface area (Å²) in [7, 11) is 3.25. The first-order valence-corrected chi connectivity index (χ1v) is 8.02. The molecule has 0 fully saturated rings. The minimum Gasteiger partial charge on any atom is -0.383 e. The molecule has 5 nitrogen and oxygen atoms in total. The number of methoxy groups -OCH3 is 2. The average Bonchev–Trinajstić information content (AvgIpc) is 2.55. The molecule has 1 N–H and O–H groups in total. The summed E-state index contributed by atoms with van der Waals surface area (Å²) in [4.78, 5) is 14.1. The molecule has 0 aliphatic carbocycles. The molecule has 6 heteroatoms. The fraction of sp³-hybridized carbons (Fsp3) is 0.562. The molecule has 0 aliphatic heterocycles. The summed E-state index contributed by atoms with van der Waals surface area (Å²) in [6, 6.07) is 9.96. The van der Waals surface area contributed by atoms with Crippen molar-refractivity contribution in [2.75, 3.05) is 46.3 Å². The highest BCUT2D eigenvalue weighted by molar-refractivity contribution is 7.80. The van der Waals surface area contributed by atoms with Crippen molar-refractivity contribution in [1.29, 1.82) is 0 Å². The van der Waals surface area contributed by atoms with E-state index in [4.69, 9.17) is 9.47 Å². The van der Waals surface area contributed by atoms with E-state index in [1.165, 1.54) is 5.56 Å². The maximum Gasteiger partial charge on any atom is 0.317 e. The SMILES string of the molecule is COCCN(CCOC)C(=O)NC(CS)Cc1ccccc1. The first kappa shape index (κ1) is 18.8. The van der Waals surface area contributed by atoms with Crippen molar-refractivity contribution in [2.24, 2.45) is 0 Å². The Hall–Kier alpha value is -1.24. The van der Waals surface area contributed by atoms with E-state index < -0.39 is 0 Å². The van der Waals surface area contributed by atoms with Crippen molar-refractivity contribution in [1.82, 2.24) is 10.2 Å². The summed E-state index contributed by atoms with van der Waals surface area (Å²) in [6.07, 6.45) is 0.762. The van der Waals surface area contributed by atoms with Crippen LogP contribution < -0.4 is 5.32 Å². The van der Waals surface area contributed by atoms with Gasteiger partial charge in [-0.15, -0.1) is 0 Å². The molecule has 0 spiro atoms.